The highest BCUT2D eigenvalue weighted by molar-refractivity contribution is 7.92. The number of benzene rings is 3. The number of rotatable bonds is 9. The van der Waals surface area contributed by atoms with Crippen LogP contribution in [0.4, 0.5) is 17.1 Å². The van der Waals surface area contributed by atoms with Gasteiger partial charge in [-0.1, -0.05) is 12.1 Å². The maximum Gasteiger partial charge on any atom is 0.264 e. The van der Waals surface area contributed by atoms with Crippen LogP contribution < -0.4 is 24.4 Å². The van der Waals surface area contributed by atoms with Crippen LogP contribution in [0.5, 0.6) is 11.5 Å². The average molecular weight is 484 g/mol. The molecule has 3 rings (SSSR count). The van der Waals surface area contributed by atoms with Gasteiger partial charge in [0.05, 0.1) is 24.8 Å². The van der Waals surface area contributed by atoms with Gasteiger partial charge in [0, 0.05) is 18.3 Å². The SMILES string of the molecule is COc1ccc(S(=O)(=O)N(CC(=O)Nc2ccc(NC(C)=O)cc2)c2ccccc2OC)cc1. The van der Waals surface area contributed by atoms with Gasteiger partial charge in [-0.3, -0.25) is 13.9 Å². The molecule has 0 atom stereocenters. The lowest BCUT2D eigenvalue weighted by Crippen LogP contribution is -2.38. The fraction of sp³-hybridized carbons (Fsp3) is 0.167. The van der Waals surface area contributed by atoms with Crippen molar-refractivity contribution in [2.45, 2.75) is 11.8 Å². The lowest BCUT2D eigenvalue weighted by Gasteiger charge is -2.25. The summed E-state index contributed by atoms with van der Waals surface area (Å²) in [7, 11) is -1.22. The Morgan fingerprint density at radius 1 is 0.824 bits per heavy atom. The van der Waals surface area contributed by atoms with Crippen molar-refractivity contribution in [2.75, 3.05) is 35.7 Å². The van der Waals surface area contributed by atoms with Gasteiger partial charge in [-0.2, -0.15) is 0 Å². The standard InChI is InChI=1S/C24H25N3O6S/c1-17(28)25-18-8-10-19(11-9-18)26-24(29)16-27(22-6-4-5-7-23(22)33-3)34(30,31)21-14-12-20(32-2)13-15-21/h4-15H,16H2,1-3H3,(H,25,28)(H,26,29). The number of ether oxygens (including phenoxy) is 2. The fourth-order valence-corrected chi connectivity index (χ4v) is 4.61. The van der Waals surface area contributed by atoms with Crippen LogP contribution in [0, 0.1) is 0 Å². The van der Waals surface area contributed by atoms with E-state index in [2.05, 4.69) is 10.6 Å². The Hall–Kier alpha value is -4.05. The van der Waals surface area contributed by atoms with Crippen molar-refractivity contribution in [1.82, 2.24) is 0 Å². The van der Waals surface area contributed by atoms with Crippen molar-refractivity contribution < 1.29 is 27.5 Å². The second-order valence-electron chi connectivity index (χ2n) is 7.17. The minimum absolute atomic E-state index is 0.00772. The minimum atomic E-state index is -4.13. The number of amides is 2. The first-order valence-electron chi connectivity index (χ1n) is 10.2. The zero-order valence-electron chi connectivity index (χ0n) is 18.9. The topological polar surface area (TPSA) is 114 Å². The van der Waals surface area contributed by atoms with Crippen LogP contribution in [0.25, 0.3) is 0 Å². The molecule has 3 aromatic carbocycles. The van der Waals surface area contributed by atoms with Gasteiger partial charge in [0.15, 0.2) is 0 Å². The van der Waals surface area contributed by atoms with E-state index in [1.165, 1.54) is 45.4 Å². The zero-order valence-corrected chi connectivity index (χ0v) is 19.8. The molecule has 0 heterocycles. The second kappa shape index (κ2) is 10.7. The Balaban J connectivity index is 1.91. The lowest BCUT2D eigenvalue weighted by atomic mass is 10.2. The summed E-state index contributed by atoms with van der Waals surface area (Å²) in [4.78, 5) is 24.1. The van der Waals surface area contributed by atoms with E-state index in [9.17, 15) is 18.0 Å². The molecular formula is C24H25N3O6S. The van der Waals surface area contributed by atoms with E-state index in [0.29, 0.717) is 22.9 Å². The van der Waals surface area contributed by atoms with E-state index >= 15 is 0 Å². The number of hydrogen-bond acceptors (Lipinski definition) is 6. The first kappa shape index (κ1) is 24.6. The predicted octanol–water partition coefficient (Wildman–Crippen LogP) is 3.50. The van der Waals surface area contributed by atoms with Crippen LogP contribution in [0.2, 0.25) is 0 Å². The number of nitrogens with zero attached hydrogens (tertiary/aromatic N) is 1. The third-order valence-corrected chi connectivity index (χ3v) is 6.55. The smallest absolute Gasteiger partial charge is 0.264 e. The molecule has 0 unspecified atom stereocenters. The first-order valence-corrected chi connectivity index (χ1v) is 11.7. The average Bonchev–Trinajstić information content (AvgIpc) is 2.83. The van der Waals surface area contributed by atoms with E-state index in [4.69, 9.17) is 9.47 Å². The molecule has 10 heteroatoms. The van der Waals surface area contributed by atoms with Crippen molar-refractivity contribution in [3.63, 3.8) is 0 Å². The number of sulfonamides is 1. The molecule has 2 amide bonds. The number of hydrogen-bond donors (Lipinski definition) is 2. The van der Waals surface area contributed by atoms with Crippen LogP contribution in [0.1, 0.15) is 6.92 Å². The van der Waals surface area contributed by atoms with Gasteiger partial charge >= 0.3 is 0 Å². The minimum Gasteiger partial charge on any atom is -0.497 e. The number of carbonyl (C=O) groups excluding carboxylic acids is 2. The van der Waals surface area contributed by atoms with Crippen molar-refractivity contribution >= 4 is 38.9 Å². The van der Waals surface area contributed by atoms with Crippen LogP contribution >= 0.6 is 0 Å². The van der Waals surface area contributed by atoms with Crippen molar-refractivity contribution in [3.05, 3.63) is 72.8 Å². The lowest BCUT2D eigenvalue weighted by molar-refractivity contribution is -0.115. The summed E-state index contributed by atoms with van der Waals surface area (Å²) in [5.74, 6) is 0.0264. The van der Waals surface area contributed by atoms with Crippen molar-refractivity contribution in [1.29, 1.82) is 0 Å². The summed E-state index contributed by atoms with van der Waals surface area (Å²) >= 11 is 0. The first-order chi connectivity index (χ1) is 16.2. The molecule has 0 aliphatic heterocycles. The molecule has 3 aromatic rings. The Morgan fingerprint density at radius 2 is 1.41 bits per heavy atom. The van der Waals surface area contributed by atoms with Gasteiger partial charge in [-0.15, -0.1) is 0 Å². The Kier molecular flexibility index (Phi) is 7.75. The molecular weight excluding hydrogens is 458 g/mol. The molecule has 0 saturated carbocycles. The highest BCUT2D eigenvalue weighted by Gasteiger charge is 2.29. The number of methoxy groups -OCH3 is 2. The summed E-state index contributed by atoms with van der Waals surface area (Å²) in [5, 5.41) is 5.32. The number of anilines is 3. The molecule has 9 nitrogen and oxygen atoms in total. The molecule has 0 aliphatic carbocycles. The second-order valence-corrected chi connectivity index (χ2v) is 9.03. The van der Waals surface area contributed by atoms with Crippen molar-refractivity contribution in [2.24, 2.45) is 0 Å². The van der Waals surface area contributed by atoms with Crippen molar-refractivity contribution in [3.8, 4) is 11.5 Å². The third-order valence-electron chi connectivity index (χ3n) is 4.78. The molecule has 0 saturated heterocycles. The summed E-state index contributed by atoms with van der Waals surface area (Å²) in [6.45, 7) is 0.896. The number of nitrogens with one attached hydrogen (secondary N) is 2. The molecule has 0 aliphatic rings. The van der Waals surface area contributed by atoms with E-state index in [0.717, 1.165) is 4.31 Å². The van der Waals surface area contributed by atoms with Gasteiger partial charge < -0.3 is 20.1 Å². The summed E-state index contributed by atoms with van der Waals surface area (Å²) < 4.78 is 38.5. The summed E-state index contributed by atoms with van der Waals surface area (Å²) in [6.07, 6.45) is 0. The highest BCUT2D eigenvalue weighted by Crippen LogP contribution is 2.32. The molecule has 0 spiro atoms. The number of para-hydroxylation sites is 2. The number of carbonyl (C=O) groups is 2. The Bertz CT molecular complexity index is 1260. The molecule has 178 valence electrons. The molecule has 0 fully saturated rings. The van der Waals surface area contributed by atoms with Crippen LogP contribution in [-0.2, 0) is 19.6 Å². The third kappa shape index (κ3) is 5.84. The quantitative estimate of drug-likeness (QED) is 0.482. The van der Waals surface area contributed by atoms with E-state index in [-0.39, 0.29) is 16.5 Å². The Morgan fingerprint density at radius 3 is 1.97 bits per heavy atom. The van der Waals surface area contributed by atoms with E-state index in [1.807, 2.05) is 0 Å². The highest BCUT2D eigenvalue weighted by atomic mass is 32.2. The summed E-state index contributed by atoms with van der Waals surface area (Å²) in [5.41, 5.74) is 1.24. The largest absolute Gasteiger partial charge is 0.497 e. The molecule has 0 bridgehead atoms. The van der Waals surface area contributed by atoms with E-state index < -0.39 is 22.5 Å². The predicted molar refractivity (Wildman–Crippen MR) is 130 cm³/mol. The Labute approximate surface area is 198 Å². The van der Waals surface area contributed by atoms with Gasteiger partial charge in [-0.05, 0) is 60.7 Å². The van der Waals surface area contributed by atoms with Gasteiger partial charge in [0.1, 0.15) is 18.0 Å². The normalized spacial score (nSPS) is 10.8. The van der Waals surface area contributed by atoms with Crippen LogP contribution in [-0.4, -0.2) is 41.0 Å². The van der Waals surface area contributed by atoms with Gasteiger partial charge in [0.2, 0.25) is 11.8 Å². The molecule has 34 heavy (non-hydrogen) atoms. The fourth-order valence-electron chi connectivity index (χ4n) is 3.18. The molecule has 0 radical (unpaired) electrons. The van der Waals surface area contributed by atoms with Gasteiger partial charge in [0.25, 0.3) is 10.0 Å². The van der Waals surface area contributed by atoms with Gasteiger partial charge in [-0.25, -0.2) is 8.42 Å². The zero-order chi connectivity index (χ0) is 24.7. The van der Waals surface area contributed by atoms with Crippen LogP contribution in [0.15, 0.2) is 77.7 Å². The maximum absolute atomic E-state index is 13.5. The maximum atomic E-state index is 13.5. The molecule has 2 N–H and O–H groups in total. The van der Waals surface area contributed by atoms with E-state index in [1.54, 1.807) is 48.5 Å². The van der Waals surface area contributed by atoms with Crippen LogP contribution in [0.3, 0.4) is 0 Å². The summed E-state index contributed by atoms with van der Waals surface area (Å²) in [6, 6.07) is 18.9. The monoisotopic (exact) mass is 483 g/mol. The molecule has 0 aromatic heterocycles.